The van der Waals surface area contributed by atoms with Crippen LogP contribution in [0.3, 0.4) is 0 Å². The fourth-order valence-electron chi connectivity index (χ4n) is 6.41. The minimum Gasteiger partial charge on any atom is -0.396 e. The van der Waals surface area contributed by atoms with E-state index in [0.717, 1.165) is 0 Å². The average molecular weight is 700 g/mol. The van der Waals surface area contributed by atoms with Crippen LogP contribution >= 0.6 is 0 Å². The second-order valence-electron chi connectivity index (χ2n) is 12.7. The van der Waals surface area contributed by atoms with Crippen LogP contribution in [0.25, 0.3) is 0 Å². The number of hydrogen-bond donors (Lipinski definition) is 14. The van der Waals surface area contributed by atoms with Gasteiger partial charge in [-0.15, -0.1) is 0 Å². The summed E-state index contributed by atoms with van der Waals surface area (Å²) in [5.74, 6) is -1.99. The van der Waals surface area contributed by atoms with Crippen molar-refractivity contribution in [3.63, 3.8) is 0 Å². The van der Waals surface area contributed by atoms with Crippen LogP contribution in [0.5, 0.6) is 0 Å². The van der Waals surface area contributed by atoms with Crippen molar-refractivity contribution in [3.05, 3.63) is 0 Å². The number of hydrogen-bond acceptors (Lipinski definition) is 20. The van der Waals surface area contributed by atoms with Crippen molar-refractivity contribution >= 4 is 5.91 Å². The summed E-state index contributed by atoms with van der Waals surface area (Å²) in [6, 6.07) is -4.40. The van der Waals surface area contributed by atoms with Gasteiger partial charge in [-0.3, -0.25) is 4.79 Å². The Hall–Kier alpha value is -1.29. The van der Waals surface area contributed by atoms with Gasteiger partial charge in [0.25, 0.3) is 0 Å². The van der Waals surface area contributed by atoms with Crippen LogP contribution in [0.4, 0.5) is 0 Å². The zero-order chi connectivity index (χ0) is 35.4. The largest absolute Gasteiger partial charge is 0.396 e. The fraction of sp³-hybridized carbons (Fsp3) is 0.963. The Labute approximate surface area is 276 Å². The van der Waals surface area contributed by atoms with E-state index >= 15 is 0 Å². The highest BCUT2D eigenvalue weighted by Crippen LogP contribution is 2.36. The third kappa shape index (κ3) is 8.59. The van der Waals surface area contributed by atoms with Gasteiger partial charge in [-0.1, -0.05) is 0 Å². The molecule has 1 saturated carbocycles. The third-order valence-corrected chi connectivity index (χ3v) is 9.34. The minimum atomic E-state index is -1.76. The second-order valence-corrected chi connectivity index (χ2v) is 12.7. The molecule has 4 fully saturated rings. The number of nitrogens with one attached hydrogen (secondary N) is 1. The molecule has 4 aliphatic rings. The smallest absolute Gasteiger partial charge is 0.249 e. The molecule has 0 spiro atoms. The van der Waals surface area contributed by atoms with E-state index in [2.05, 4.69) is 5.32 Å². The first-order valence-electron chi connectivity index (χ1n) is 16.0. The standard InChI is InChI=1S/C27H53N7O14/c28-2-1-12(36)23(41)34-11-4-10(31)21(46-26-15(32)13(37)3-8(5-29)43-26)22(17(11)38)47-25-9(7-35)20(24(42)48-25)45-27-16(33)19(40)18(39)14(6-30)44-27/h8-22,24-27,35-40,42H,1-7,28-33H2,(H,34,41)/t8-,9+,10-,11+,12-,13-,14-,15+,16+,17-,18+,19+,20-,21+,22+,24-,25+,26+,27+/m0/s1. The lowest BCUT2D eigenvalue weighted by Gasteiger charge is -2.47. The highest BCUT2D eigenvalue weighted by atomic mass is 16.8. The SMILES string of the molecule is NCC[C@H](O)C(=O)N[C@@H]1C[C@H](N)[C@@H](O[C@H]2O[C@H](CN)C[C@H](O)[C@H]2N)[C@H](O[C@@H]2O[C@H](O)[C@@H](O[C@H]3O[C@@H](CN)[C@@H](O)[C@H](O)[C@H]3N)[C@H]2CO)[C@H]1O. The molecule has 0 unspecified atom stereocenters. The van der Waals surface area contributed by atoms with Gasteiger partial charge in [0.2, 0.25) is 5.91 Å². The fourth-order valence-corrected chi connectivity index (χ4v) is 6.41. The Balaban J connectivity index is 1.56. The molecule has 0 bridgehead atoms. The normalized spacial score (nSPS) is 47.5. The Bertz CT molecular complexity index is 1030. The summed E-state index contributed by atoms with van der Waals surface area (Å²) in [4.78, 5) is 12.7. The summed E-state index contributed by atoms with van der Waals surface area (Å²) >= 11 is 0. The van der Waals surface area contributed by atoms with E-state index in [9.17, 15) is 40.5 Å². The molecule has 1 amide bonds. The van der Waals surface area contributed by atoms with Crippen molar-refractivity contribution in [3.8, 4) is 0 Å². The number of aliphatic hydroxyl groups excluding tert-OH is 7. The van der Waals surface area contributed by atoms with Gasteiger partial charge >= 0.3 is 0 Å². The Morgan fingerprint density at radius 2 is 1.44 bits per heavy atom. The Morgan fingerprint density at radius 3 is 2.06 bits per heavy atom. The van der Waals surface area contributed by atoms with E-state index < -0.39 is 129 Å². The molecule has 3 saturated heterocycles. The summed E-state index contributed by atoms with van der Waals surface area (Å²) in [6.07, 6.45) is -18.6. The van der Waals surface area contributed by atoms with Gasteiger partial charge in [-0.25, -0.2) is 0 Å². The summed E-state index contributed by atoms with van der Waals surface area (Å²) in [6.45, 7) is -0.821. The van der Waals surface area contributed by atoms with Gasteiger partial charge in [0.1, 0.15) is 48.8 Å². The molecule has 21 heteroatoms. The van der Waals surface area contributed by atoms with Crippen molar-refractivity contribution < 1.29 is 69.0 Å². The molecule has 0 aromatic heterocycles. The molecule has 21 nitrogen and oxygen atoms in total. The molecule has 3 heterocycles. The van der Waals surface area contributed by atoms with Gasteiger partial charge in [0.05, 0.1) is 42.9 Å². The van der Waals surface area contributed by atoms with Crippen LogP contribution in [-0.4, -0.2) is 178 Å². The van der Waals surface area contributed by atoms with Gasteiger partial charge < -0.3 is 104 Å². The van der Waals surface area contributed by atoms with Crippen molar-refractivity contribution in [2.75, 3.05) is 26.2 Å². The molecule has 1 aliphatic carbocycles. The highest BCUT2D eigenvalue weighted by molar-refractivity contribution is 5.80. The predicted molar refractivity (Wildman–Crippen MR) is 160 cm³/mol. The molecule has 19 atom stereocenters. The molecule has 3 aliphatic heterocycles. The topological polar surface area (TPSA) is 382 Å². The van der Waals surface area contributed by atoms with Crippen molar-refractivity contribution in [1.29, 1.82) is 0 Å². The van der Waals surface area contributed by atoms with Gasteiger partial charge in [-0.2, -0.15) is 0 Å². The van der Waals surface area contributed by atoms with E-state index in [1.54, 1.807) is 0 Å². The van der Waals surface area contributed by atoms with Crippen LogP contribution in [0, 0.1) is 5.92 Å². The first kappa shape index (κ1) is 39.5. The first-order valence-corrected chi connectivity index (χ1v) is 16.0. The molecule has 280 valence electrons. The van der Waals surface area contributed by atoms with Crippen molar-refractivity contribution in [2.24, 2.45) is 40.3 Å². The molecular weight excluding hydrogens is 646 g/mol. The lowest BCUT2D eigenvalue weighted by molar-refractivity contribution is -0.299. The summed E-state index contributed by atoms with van der Waals surface area (Å²) in [5.41, 5.74) is 35.5. The predicted octanol–water partition coefficient (Wildman–Crippen LogP) is -8.79. The van der Waals surface area contributed by atoms with Crippen LogP contribution in [-0.2, 0) is 33.2 Å². The van der Waals surface area contributed by atoms with Crippen LogP contribution in [0.2, 0.25) is 0 Å². The number of rotatable bonds is 13. The van der Waals surface area contributed by atoms with Crippen LogP contribution in [0.15, 0.2) is 0 Å². The highest BCUT2D eigenvalue weighted by Gasteiger charge is 2.54. The molecule has 48 heavy (non-hydrogen) atoms. The van der Waals surface area contributed by atoms with E-state index in [-0.39, 0.29) is 38.9 Å². The molecule has 0 aromatic rings. The number of ether oxygens (including phenoxy) is 6. The number of amides is 1. The number of nitrogens with two attached hydrogens (primary N) is 6. The van der Waals surface area contributed by atoms with Crippen molar-refractivity contribution in [2.45, 2.75) is 130 Å². The van der Waals surface area contributed by atoms with Gasteiger partial charge in [0, 0.05) is 25.6 Å². The summed E-state index contributed by atoms with van der Waals surface area (Å²) < 4.78 is 35.2. The number of aliphatic hydroxyl groups is 7. The Morgan fingerprint density at radius 1 is 0.792 bits per heavy atom. The summed E-state index contributed by atoms with van der Waals surface area (Å²) in [7, 11) is 0. The van der Waals surface area contributed by atoms with E-state index in [1.165, 1.54) is 0 Å². The molecule has 0 radical (unpaired) electrons. The van der Waals surface area contributed by atoms with E-state index in [1.807, 2.05) is 0 Å². The summed E-state index contributed by atoms with van der Waals surface area (Å²) in [5, 5.41) is 76.5. The molecule has 4 rings (SSSR count). The zero-order valence-electron chi connectivity index (χ0n) is 26.4. The second kappa shape index (κ2) is 17.3. The van der Waals surface area contributed by atoms with Gasteiger partial charge in [-0.05, 0) is 19.4 Å². The zero-order valence-corrected chi connectivity index (χ0v) is 26.4. The third-order valence-electron chi connectivity index (χ3n) is 9.34. The lowest BCUT2D eigenvalue weighted by atomic mass is 9.83. The Kier molecular flexibility index (Phi) is 14.2. The van der Waals surface area contributed by atoms with Crippen LogP contribution in [0.1, 0.15) is 19.3 Å². The minimum absolute atomic E-state index is 0.0244. The van der Waals surface area contributed by atoms with E-state index in [4.69, 9.17) is 62.8 Å². The molecule has 0 aromatic carbocycles. The lowest BCUT2D eigenvalue weighted by Crippen LogP contribution is -2.67. The average Bonchev–Trinajstić information content (AvgIpc) is 3.35. The number of carbonyl (C=O) groups is 1. The number of carbonyl (C=O) groups excluding carboxylic acids is 1. The van der Waals surface area contributed by atoms with Crippen molar-refractivity contribution in [1.82, 2.24) is 5.32 Å². The first-order chi connectivity index (χ1) is 22.8. The monoisotopic (exact) mass is 699 g/mol. The maximum atomic E-state index is 12.7. The van der Waals surface area contributed by atoms with E-state index in [0.29, 0.717) is 0 Å². The maximum Gasteiger partial charge on any atom is 0.249 e. The molecule has 20 N–H and O–H groups in total. The quantitative estimate of drug-likeness (QED) is 0.0848. The van der Waals surface area contributed by atoms with Crippen LogP contribution < -0.4 is 39.7 Å². The van der Waals surface area contributed by atoms with Gasteiger partial charge in [0.15, 0.2) is 25.2 Å². The molecular formula is C27H53N7O14. The maximum absolute atomic E-state index is 12.7.